The number of aromatic nitrogens is 1. The van der Waals surface area contributed by atoms with Gasteiger partial charge < -0.3 is 10.1 Å². The third-order valence-corrected chi connectivity index (χ3v) is 4.28. The van der Waals surface area contributed by atoms with E-state index in [4.69, 9.17) is 11.6 Å². The number of carbonyl (C=O) groups excluding carboxylic acids is 1. The van der Waals surface area contributed by atoms with E-state index in [1.54, 1.807) is 24.6 Å². The number of carbonyl (C=O) groups is 1. The Bertz CT molecular complexity index is 1010. The second-order valence-corrected chi connectivity index (χ2v) is 6.47. The second kappa shape index (κ2) is 8.45. The topological polar surface area (TPSA) is 51.2 Å². The average molecular weight is 420 g/mol. The molecule has 4 nitrogen and oxygen atoms in total. The first kappa shape index (κ1) is 20.5. The Morgan fingerprint density at radius 2 is 1.97 bits per heavy atom. The van der Waals surface area contributed by atoms with Crippen molar-refractivity contribution in [3.63, 3.8) is 0 Å². The molecule has 1 amide bonds. The molecule has 148 valence electrons. The molecular weight excluding hydrogens is 405 g/mol. The molecule has 0 unspecified atom stereocenters. The predicted octanol–water partition coefficient (Wildman–Crippen LogP) is 5.20. The molecule has 1 heterocycles. The zero-order valence-corrected chi connectivity index (χ0v) is 15.7. The van der Waals surface area contributed by atoms with Gasteiger partial charge in [-0.05, 0) is 30.8 Å². The van der Waals surface area contributed by atoms with Gasteiger partial charge in [-0.1, -0.05) is 29.8 Å². The highest BCUT2D eigenvalue weighted by atomic mass is 35.5. The quantitative estimate of drug-likeness (QED) is 0.678. The van der Waals surface area contributed by atoms with Crippen LogP contribution in [0.25, 0.3) is 11.3 Å². The lowest BCUT2D eigenvalue weighted by molar-refractivity contribution is -0.274. The summed E-state index contributed by atoms with van der Waals surface area (Å²) in [6.07, 6.45) is 0.358. The number of benzene rings is 1. The Labute approximate surface area is 170 Å². The van der Waals surface area contributed by atoms with Crippen LogP contribution in [0.5, 0.6) is 5.75 Å². The number of nitrogens with one attached hydrogen (secondary N) is 1. The van der Waals surface area contributed by atoms with Crippen LogP contribution in [0.4, 0.5) is 13.2 Å². The first-order chi connectivity index (χ1) is 13.7. The molecule has 1 aliphatic carbocycles. The summed E-state index contributed by atoms with van der Waals surface area (Å²) in [6.45, 7) is 3.93. The monoisotopic (exact) mass is 419 g/mol. The van der Waals surface area contributed by atoms with E-state index in [0.29, 0.717) is 10.6 Å². The molecule has 0 radical (unpaired) electrons. The molecule has 0 saturated carbocycles. The van der Waals surface area contributed by atoms with E-state index in [1.807, 2.05) is 0 Å². The summed E-state index contributed by atoms with van der Waals surface area (Å²) in [5, 5.41) is 3.16. The predicted molar refractivity (Wildman–Crippen MR) is 104 cm³/mol. The number of para-hydroxylation sites is 1. The Hall–Kier alpha value is -3.19. The van der Waals surface area contributed by atoms with E-state index in [9.17, 15) is 18.0 Å². The van der Waals surface area contributed by atoms with E-state index in [1.165, 1.54) is 36.4 Å². The minimum atomic E-state index is -4.84. The molecule has 0 fully saturated rings. The van der Waals surface area contributed by atoms with Crippen LogP contribution in [0.2, 0.25) is 0 Å². The Balaban J connectivity index is 1.77. The molecule has 3 rings (SSSR count). The molecule has 29 heavy (non-hydrogen) atoms. The van der Waals surface area contributed by atoms with Crippen LogP contribution in [0, 0.1) is 6.42 Å². The smallest absolute Gasteiger partial charge is 0.405 e. The van der Waals surface area contributed by atoms with E-state index >= 15 is 0 Å². The van der Waals surface area contributed by atoms with E-state index in [0.717, 1.165) is 5.57 Å². The summed E-state index contributed by atoms with van der Waals surface area (Å²) in [4.78, 5) is 16.6. The number of hydrogen-bond acceptors (Lipinski definition) is 3. The van der Waals surface area contributed by atoms with Gasteiger partial charge in [0.05, 0.1) is 29.5 Å². The Morgan fingerprint density at radius 1 is 1.21 bits per heavy atom. The summed E-state index contributed by atoms with van der Waals surface area (Å²) < 4.78 is 42.0. The first-order valence-corrected chi connectivity index (χ1v) is 8.81. The standard InChI is InChI=1S/C21H14ClF3N2O2/c1-13-9-10-14(16(22)11-13)12-26-20(28)18-7-4-6-17(27-18)15-5-2-3-8-19(15)29-21(23,24)25/h2-11H,1,12H2/p+1. The van der Waals surface area contributed by atoms with Gasteiger partial charge in [0, 0.05) is 18.1 Å². The highest BCUT2D eigenvalue weighted by molar-refractivity contribution is 6.32. The summed E-state index contributed by atoms with van der Waals surface area (Å²) in [5.74, 6) is -0.888. The maximum atomic E-state index is 12.6. The maximum absolute atomic E-state index is 12.6. The molecule has 2 aromatic rings. The van der Waals surface area contributed by atoms with Crippen LogP contribution in [0.1, 0.15) is 10.5 Å². The van der Waals surface area contributed by atoms with Gasteiger partial charge in [0.15, 0.2) is 0 Å². The summed E-state index contributed by atoms with van der Waals surface area (Å²) >= 11 is 6.12. The van der Waals surface area contributed by atoms with Crippen molar-refractivity contribution in [3.05, 3.63) is 89.5 Å². The van der Waals surface area contributed by atoms with Gasteiger partial charge in [-0.2, -0.15) is 0 Å². The number of halogens is 4. The number of nitrogens with zero attached hydrogens (tertiary/aromatic N) is 1. The number of alkyl halides is 3. The third kappa shape index (κ3) is 5.42. The molecule has 0 atom stereocenters. The van der Waals surface area contributed by atoms with Crippen molar-refractivity contribution in [1.29, 1.82) is 0 Å². The lowest BCUT2D eigenvalue weighted by Crippen LogP contribution is -2.27. The summed E-state index contributed by atoms with van der Waals surface area (Å²) in [6, 6.07) is 10.1. The van der Waals surface area contributed by atoms with Crippen LogP contribution >= 0.6 is 11.6 Å². The zero-order chi connectivity index (χ0) is 21.0. The number of rotatable bonds is 5. The molecule has 1 aromatic heterocycles. The van der Waals surface area contributed by atoms with Crippen LogP contribution in [-0.2, 0) is 0 Å². The molecule has 8 heteroatoms. The number of pyridine rings is 1. The van der Waals surface area contributed by atoms with Crippen molar-refractivity contribution in [2.24, 2.45) is 0 Å². The molecule has 1 N–H and O–H groups in total. The fourth-order valence-corrected chi connectivity index (χ4v) is 2.87. The summed E-state index contributed by atoms with van der Waals surface area (Å²) in [5.41, 5.74) is 1.80. The van der Waals surface area contributed by atoms with Gasteiger partial charge in [-0.15, -0.1) is 13.2 Å². The SMILES string of the molecule is C=C1C=C(Cl)C(CNC(=O)c2cccc(-c3ccccc3OC(F)(F)F)n2)=C[CH+]1. The van der Waals surface area contributed by atoms with Gasteiger partial charge in [0.2, 0.25) is 0 Å². The van der Waals surface area contributed by atoms with Crippen molar-refractivity contribution in [3.8, 4) is 17.0 Å². The molecule has 0 aliphatic heterocycles. The Morgan fingerprint density at radius 3 is 2.69 bits per heavy atom. The lowest BCUT2D eigenvalue weighted by Gasteiger charge is -2.13. The van der Waals surface area contributed by atoms with Gasteiger partial charge >= 0.3 is 6.36 Å². The highest BCUT2D eigenvalue weighted by Gasteiger charge is 2.32. The van der Waals surface area contributed by atoms with E-state index < -0.39 is 18.0 Å². The van der Waals surface area contributed by atoms with Gasteiger partial charge in [-0.3, -0.25) is 4.79 Å². The number of allylic oxidation sites excluding steroid dienone is 3. The molecule has 0 saturated heterocycles. The fourth-order valence-electron chi connectivity index (χ4n) is 2.60. The number of hydrogen-bond donors (Lipinski definition) is 1. The third-order valence-electron chi connectivity index (χ3n) is 3.93. The van der Waals surface area contributed by atoms with Crippen LogP contribution in [0.3, 0.4) is 0 Å². The molecule has 0 bridgehead atoms. The second-order valence-electron chi connectivity index (χ2n) is 6.06. The first-order valence-electron chi connectivity index (χ1n) is 8.44. The summed E-state index contributed by atoms with van der Waals surface area (Å²) in [7, 11) is 0. The molecule has 1 aliphatic rings. The Kier molecular flexibility index (Phi) is 5.98. The number of ether oxygens (including phenoxy) is 1. The van der Waals surface area contributed by atoms with Crippen molar-refractivity contribution in [2.45, 2.75) is 6.36 Å². The zero-order valence-electron chi connectivity index (χ0n) is 15.0. The van der Waals surface area contributed by atoms with Crippen LogP contribution in [-0.4, -0.2) is 23.8 Å². The minimum absolute atomic E-state index is 0.0502. The minimum Gasteiger partial charge on any atom is -0.405 e. The van der Waals surface area contributed by atoms with Crippen molar-refractivity contribution < 1.29 is 22.7 Å². The van der Waals surface area contributed by atoms with E-state index in [-0.39, 0.29) is 23.5 Å². The number of amides is 1. The molecule has 1 aromatic carbocycles. The van der Waals surface area contributed by atoms with Crippen molar-refractivity contribution >= 4 is 17.5 Å². The van der Waals surface area contributed by atoms with Crippen molar-refractivity contribution in [1.82, 2.24) is 10.3 Å². The molecule has 0 spiro atoms. The van der Waals surface area contributed by atoms with Crippen LogP contribution in [0.15, 0.2) is 77.4 Å². The average Bonchev–Trinajstić information content (AvgIpc) is 2.66. The van der Waals surface area contributed by atoms with E-state index in [2.05, 4.69) is 21.6 Å². The van der Waals surface area contributed by atoms with Crippen molar-refractivity contribution in [2.75, 3.05) is 6.54 Å². The van der Waals surface area contributed by atoms with Crippen LogP contribution < -0.4 is 10.1 Å². The van der Waals surface area contributed by atoms with Gasteiger partial charge in [-0.25, -0.2) is 4.98 Å². The largest absolute Gasteiger partial charge is 0.573 e. The molecular formula is C21H15ClF3N2O2+. The fraction of sp³-hybridized carbons (Fsp3) is 0.0952. The normalized spacial score (nSPS) is 13.9. The highest BCUT2D eigenvalue weighted by Crippen LogP contribution is 2.32. The van der Waals surface area contributed by atoms with Gasteiger partial charge in [0.25, 0.3) is 5.91 Å². The maximum Gasteiger partial charge on any atom is 0.573 e. The van der Waals surface area contributed by atoms with Gasteiger partial charge in [0.1, 0.15) is 16.5 Å². The lowest BCUT2D eigenvalue weighted by atomic mass is 10.0.